The second-order valence-electron chi connectivity index (χ2n) is 6.30. The number of rotatable bonds is 8. The molecule has 0 heterocycles. The average Bonchev–Trinajstić information content (AvgIpc) is 2.77. The van der Waals surface area contributed by atoms with Crippen molar-refractivity contribution in [3.63, 3.8) is 0 Å². The van der Waals surface area contributed by atoms with Crippen LogP contribution in [-0.2, 0) is 16.1 Å². The van der Waals surface area contributed by atoms with Gasteiger partial charge in [-0.15, -0.1) is 0 Å². The van der Waals surface area contributed by atoms with Gasteiger partial charge in [-0.3, -0.25) is 4.79 Å². The Morgan fingerprint density at radius 2 is 1.67 bits per heavy atom. The molecular formula is C23H20BrNO5. The lowest BCUT2D eigenvalue weighted by atomic mass is 10.2. The molecule has 3 rings (SSSR count). The fourth-order valence-corrected chi connectivity index (χ4v) is 2.81. The standard InChI is InChI=1S/C23H20BrNO5/c1-28-21-4-2-3-19(13-21)25-22(26)15-29-20-11-7-17(8-12-20)23(27)30-14-16-5-9-18(24)10-6-16/h2-13H,14-15H2,1H3,(H,25,26). The van der Waals surface area contributed by atoms with Gasteiger partial charge in [0.05, 0.1) is 12.7 Å². The molecule has 0 radical (unpaired) electrons. The first-order valence-electron chi connectivity index (χ1n) is 9.12. The summed E-state index contributed by atoms with van der Waals surface area (Å²) in [6.07, 6.45) is 0. The van der Waals surface area contributed by atoms with E-state index in [1.807, 2.05) is 24.3 Å². The summed E-state index contributed by atoms with van der Waals surface area (Å²) in [4.78, 5) is 24.2. The van der Waals surface area contributed by atoms with Crippen LogP contribution in [0.3, 0.4) is 0 Å². The quantitative estimate of drug-likeness (QED) is 0.478. The molecule has 0 aliphatic carbocycles. The van der Waals surface area contributed by atoms with Crippen LogP contribution in [0.5, 0.6) is 11.5 Å². The average molecular weight is 470 g/mol. The fourth-order valence-electron chi connectivity index (χ4n) is 2.55. The summed E-state index contributed by atoms with van der Waals surface area (Å²) in [5.41, 5.74) is 1.92. The first kappa shape index (κ1) is 21.4. The highest BCUT2D eigenvalue weighted by atomic mass is 79.9. The lowest BCUT2D eigenvalue weighted by Crippen LogP contribution is -2.20. The van der Waals surface area contributed by atoms with E-state index in [2.05, 4.69) is 21.2 Å². The van der Waals surface area contributed by atoms with Gasteiger partial charge in [-0.25, -0.2) is 4.79 Å². The minimum atomic E-state index is -0.430. The third kappa shape index (κ3) is 6.35. The van der Waals surface area contributed by atoms with Crippen LogP contribution < -0.4 is 14.8 Å². The van der Waals surface area contributed by atoms with E-state index >= 15 is 0 Å². The summed E-state index contributed by atoms with van der Waals surface area (Å²) in [5, 5.41) is 2.73. The molecule has 0 bridgehead atoms. The van der Waals surface area contributed by atoms with E-state index in [0.717, 1.165) is 10.0 Å². The molecule has 0 unspecified atom stereocenters. The summed E-state index contributed by atoms with van der Waals surface area (Å²) in [6.45, 7) is 0.0272. The first-order chi connectivity index (χ1) is 14.5. The van der Waals surface area contributed by atoms with Gasteiger partial charge in [0.1, 0.15) is 18.1 Å². The Kier molecular flexibility index (Phi) is 7.45. The summed E-state index contributed by atoms with van der Waals surface area (Å²) in [5.74, 6) is 0.387. The minimum Gasteiger partial charge on any atom is -0.497 e. The normalized spacial score (nSPS) is 10.2. The molecule has 3 aromatic carbocycles. The van der Waals surface area contributed by atoms with Crippen LogP contribution in [0.4, 0.5) is 5.69 Å². The molecule has 0 aliphatic rings. The number of halogens is 1. The smallest absolute Gasteiger partial charge is 0.338 e. The molecule has 3 aromatic rings. The Labute approximate surface area is 182 Å². The number of anilines is 1. The van der Waals surface area contributed by atoms with Crippen molar-refractivity contribution in [3.8, 4) is 11.5 Å². The maximum atomic E-state index is 12.2. The maximum absolute atomic E-state index is 12.2. The van der Waals surface area contributed by atoms with Crippen molar-refractivity contribution < 1.29 is 23.8 Å². The van der Waals surface area contributed by atoms with Crippen LogP contribution in [0.15, 0.2) is 77.3 Å². The molecular weight excluding hydrogens is 450 g/mol. The Balaban J connectivity index is 1.47. The van der Waals surface area contributed by atoms with Crippen LogP contribution in [0, 0.1) is 0 Å². The van der Waals surface area contributed by atoms with Gasteiger partial charge in [0.25, 0.3) is 5.91 Å². The van der Waals surface area contributed by atoms with E-state index in [4.69, 9.17) is 14.2 Å². The highest BCUT2D eigenvalue weighted by Gasteiger charge is 2.09. The molecule has 0 fully saturated rings. The van der Waals surface area contributed by atoms with E-state index in [1.165, 1.54) is 0 Å². The number of ether oxygens (including phenoxy) is 3. The number of hydrogen-bond donors (Lipinski definition) is 1. The summed E-state index contributed by atoms with van der Waals surface area (Å²) in [7, 11) is 1.56. The van der Waals surface area contributed by atoms with Gasteiger partial charge < -0.3 is 19.5 Å². The van der Waals surface area contributed by atoms with Crippen molar-refractivity contribution >= 4 is 33.5 Å². The fraction of sp³-hybridized carbons (Fsp3) is 0.130. The van der Waals surface area contributed by atoms with Gasteiger partial charge in [0, 0.05) is 16.2 Å². The number of benzene rings is 3. The van der Waals surface area contributed by atoms with Crippen LogP contribution in [0.2, 0.25) is 0 Å². The molecule has 154 valence electrons. The zero-order chi connectivity index (χ0) is 21.3. The van der Waals surface area contributed by atoms with Crippen LogP contribution in [-0.4, -0.2) is 25.6 Å². The topological polar surface area (TPSA) is 73.9 Å². The van der Waals surface area contributed by atoms with Crippen molar-refractivity contribution in [1.82, 2.24) is 0 Å². The first-order valence-corrected chi connectivity index (χ1v) is 9.91. The van der Waals surface area contributed by atoms with Crippen molar-refractivity contribution in [3.05, 3.63) is 88.4 Å². The van der Waals surface area contributed by atoms with Crippen molar-refractivity contribution in [2.75, 3.05) is 19.0 Å². The second kappa shape index (κ2) is 10.5. The van der Waals surface area contributed by atoms with Gasteiger partial charge >= 0.3 is 5.97 Å². The van der Waals surface area contributed by atoms with E-state index in [0.29, 0.717) is 22.7 Å². The predicted molar refractivity (Wildman–Crippen MR) is 117 cm³/mol. The molecule has 6 nitrogen and oxygen atoms in total. The van der Waals surface area contributed by atoms with Crippen molar-refractivity contribution in [2.24, 2.45) is 0 Å². The van der Waals surface area contributed by atoms with Gasteiger partial charge in [0.2, 0.25) is 0 Å². The van der Waals surface area contributed by atoms with E-state index in [9.17, 15) is 9.59 Å². The summed E-state index contributed by atoms with van der Waals surface area (Å²) in [6, 6.07) is 21.0. The van der Waals surface area contributed by atoms with Gasteiger partial charge in [-0.05, 0) is 54.1 Å². The number of nitrogens with one attached hydrogen (secondary N) is 1. The predicted octanol–water partition coefficient (Wildman–Crippen LogP) is 4.83. The Hall–Kier alpha value is -3.32. The third-order valence-corrected chi connectivity index (χ3v) is 4.63. The number of esters is 1. The number of carbonyl (C=O) groups excluding carboxylic acids is 2. The molecule has 30 heavy (non-hydrogen) atoms. The zero-order valence-electron chi connectivity index (χ0n) is 16.3. The molecule has 0 saturated carbocycles. The van der Waals surface area contributed by atoms with Crippen LogP contribution in [0.1, 0.15) is 15.9 Å². The zero-order valence-corrected chi connectivity index (χ0v) is 17.8. The van der Waals surface area contributed by atoms with E-state index in [-0.39, 0.29) is 19.1 Å². The molecule has 0 atom stereocenters. The third-order valence-electron chi connectivity index (χ3n) is 4.10. The SMILES string of the molecule is COc1cccc(NC(=O)COc2ccc(C(=O)OCc3ccc(Br)cc3)cc2)c1. The Morgan fingerprint density at radius 1 is 0.933 bits per heavy atom. The summed E-state index contributed by atoms with van der Waals surface area (Å²) >= 11 is 3.36. The van der Waals surface area contributed by atoms with Crippen LogP contribution in [0.25, 0.3) is 0 Å². The van der Waals surface area contributed by atoms with Gasteiger partial charge in [-0.2, -0.15) is 0 Å². The molecule has 0 aromatic heterocycles. The maximum Gasteiger partial charge on any atom is 0.338 e. The second-order valence-corrected chi connectivity index (χ2v) is 7.21. The van der Waals surface area contributed by atoms with Gasteiger partial charge in [0.15, 0.2) is 6.61 Å². The Bertz CT molecular complexity index is 1000. The Morgan fingerprint density at radius 3 is 2.37 bits per heavy atom. The molecule has 7 heteroatoms. The molecule has 0 aliphatic heterocycles. The monoisotopic (exact) mass is 469 g/mol. The molecule has 1 amide bonds. The lowest BCUT2D eigenvalue weighted by molar-refractivity contribution is -0.118. The van der Waals surface area contributed by atoms with E-state index in [1.54, 1.807) is 55.6 Å². The molecule has 0 spiro atoms. The number of amides is 1. The highest BCUT2D eigenvalue weighted by molar-refractivity contribution is 9.10. The highest BCUT2D eigenvalue weighted by Crippen LogP contribution is 2.17. The lowest BCUT2D eigenvalue weighted by Gasteiger charge is -2.09. The molecule has 1 N–H and O–H groups in total. The van der Waals surface area contributed by atoms with Crippen molar-refractivity contribution in [2.45, 2.75) is 6.61 Å². The largest absolute Gasteiger partial charge is 0.497 e. The van der Waals surface area contributed by atoms with Crippen LogP contribution >= 0.6 is 15.9 Å². The molecule has 0 saturated heterocycles. The number of hydrogen-bond acceptors (Lipinski definition) is 5. The van der Waals surface area contributed by atoms with Crippen molar-refractivity contribution in [1.29, 1.82) is 0 Å². The summed E-state index contributed by atoms with van der Waals surface area (Å²) < 4.78 is 16.9. The minimum absolute atomic E-state index is 0.162. The van der Waals surface area contributed by atoms with Gasteiger partial charge in [-0.1, -0.05) is 34.1 Å². The number of carbonyl (C=O) groups is 2. The van der Waals surface area contributed by atoms with E-state index < -0.39 is 5.97 Å². The number of methoxy groups -OCH3 is 1.